The fourth-order valence-corrected chi connectivity index (χ4v) is 8.62. The van der Waals surface area contributed by atoms with E-state index in [-0.39, 0.29) is 6.71 Å². The first-order valence-electron chi connectivity index (χ1n) is 17.2. The number of benzene rings is 7. The molecule has 5 heteroatoms. The monoisotopic (exact) mass is 639 g/mol. The zero-order valence-electron chi connectivity index (χ0n) is 27.4. The van der Waals surface area contributed by atoms with E-state index in [4.69, 9.17) is 4.74 Å². The van der Waals surface area contributed by atoms with Gasteiger partial charge in [-0.3, -0.25) is 0 Å². The molecule has 2 aliphatic rings. The summed E-state index contributed by atoms with van der Waals surface area (Å²) in [5.74, 6) is 1.89. The van der Waals surface area contributed by atoms with Gasteiger partial charge < -0.3 is 18.8 Å². The van der Waals surface area contributed by atoms with Gasteiger partial charge in [0.25, 0.3) is 6.71 Å². The zero-order valence-corrected chi connectivity index (χ0v) is 27.4. The Morgan fingerprint density at radius 2 is 1.16 bits per heavy atom. The molecule has 0 saturated heterocycles. The van der Waals surface area contributed by atoms with Crippen molar-refractivity contribution in [1.82, 2.24) is 9.13 Å². The molecule has 7 aromatic carbocycles. The number of rotatable bonds is 4. The number of ether oxygens (including phenoxy) is 1. The molecule has 2 aromatic heterocycles. The van der Waals surface area contributed by atoms with Crippen LogP contribution in [0.25, 0.3) is 44.2 Å². The lowest BCUT2D eigenvalue weighted by atomic mass is 9.34. The van der Waals surface area contributed by atoms with E-state index in [0.717, 1.165) is 39.8 Å². The van der Waals surface area contributed by atoms with Crippen LogP contribution in [0.15, 0.2) is 164 Å². The summed E-state index contributed by atoms with van der Waals surface area (Å²) in [6, 6.07) is 59.0. The van der Waals surface area contributed by atoms with Crippen molar-refractivity contribution < 1.29 is 4.74 Å². The highest BCUT2D eigenvalue weighted by atomic mass is 16.5. The van der Waals surface area contributed by atoms with E-state index in [2.05, 4.69) is 185 Å². The van der Waals surface area contributed by atoms with E-state index < -0.39 is 0 Å². The third-order valence-corrected chi connectivity index (χ3v) is 10.6. The number of fused-ring (bicyclic) bond motifs is 9. The van der Waals surface area contributed by atoms with Crippen molar-refractivity contribution in [3.05, 3.63) is 169 Å². The van der Waals surface area contributed by atoms with E-state index in [9.17, 15) is 0 Å². The summed E-state index contributed by atoms with van der Waals surface area (Å²) in [6.07, 6.45) is 0. The maximum Gasteiger partial charge on any atom is 0.256 e. The van der Waals surface area contributed by atoms with Crippen molar-refractivity contribution in [2.45, 2.75) is 6.92 Å². The number of hydrogen-bond acceptors (Lipinski definition) is 2. The molecule has 234 valence electrons. The molecule has 2 aliphatic heterocycles. The van der Waals surface area contributed by atoms with Crippen molar-refractivity contribution >= 4 is 73.0 Å². The molecule has 50 heavy (non-hydrogen) atoms. The number of aromatic nitrogens is 2. The molecule has 0 amide bonds. The van der Waals surface area contributed by atoms with E-state index in [0.29, 0.717) is 0 Å². The second kappa shape index (κ2) is 10.3. The molecule has 0 bridgehead atoms. The molecule has 0 unspecified atom stereocenters. The third-order valence-electron chi connectivity index (χ3n) is 10.6. The molecule has 0 aliphatic carbocycles. The Hall–Kier alpha value is -6.46. The fourth-order valence-electron chi connectivity index (χ4n) is 8.62. The van der Waals surface area contributed by atoms with Gasteiger partial charge >= 0.3 is 0 Å². The second-order valence-electron chi connectivity index (χ2n) is 13.4. The highest BCUT2D eigenvalue weighted by molar-refractivity contribution is 6.99. The lowest BCUT2D eigenvalue weighted by Gasteiger charge is -2.33. The van der Waals surface area contributed by atoms with Crippen molar-refractivity contribution in [2.24, 2.45) is 0 Å². The first-order valence-corrected chi connectivity index (χ1v) is 17.2. The fraction of sp³-hybridized carbons (Fsp3) is 0.0222. The summed E-state index contributed by atoms with van der Waals surface area (Å²) >= 11 is 0. The number of aryl methyl sites for hydroxylation is 1. The van der Waals surface area contributed by atoms with Gasteiger partial charge in [0.1, 0.15) is 11.5 Å². The normalized spacial score (nSPS) is 12.6. The van der Waals surface area contributed by atoms with E-state index in [1.54, 1.807) is 0 Å². The first-order chi connectivity index (χ1) is 24.7. The van der Waals surface area contributed by atoms with Crippen molar-refractivity contribution in [2.75, 3.05) is 4.90 Å². The van der Waals surface area contributed by atoms with Crippen LogP contribution in [0, 0.1) is 6.92 Å². The van der Waals surface area contributed by atoms with E-state index in [1.807, 2.05) is 0 Å². The Morgan fingerprint density at radius 1 is 0.500 bits per heavy atom. The minimum absolute atomic E-state index is 0.0918. The Kier molecular flexibility index (Phi) is 5.65. The summed E-state index contributed by atoms with van der Waals surface area (Å²) in [6.45, 7) is 2.27. The molecule has 11 rings (SSSR count). The minimum Gasteiger partial charge on any atom is -0.458 e. The Bertz CT molecular complexity index is 2760. The van der Waals surface area contributed by atoms with Crippen LogP contribution < -0.4 is 26.0 Å². The van der Waals surface area contributed by atoms with Crippen LogP contribution in [0.3, 0.4) is 0 Å². The standard InChI is InChI=1S/C45H30BN3O/c1-29-26-39-42-41(27-29)50-40-23-12-11-21-36(40)46(42)37-22-13-20-35-43(37)49(39)44-34-25-24-33(28-38(34)48(45(35)44)32-18-9-4-10-19-32)47(30-14-5-2-6-15-30)31-16-7-3-8-17-31/h2-28H,1H3. The molecule has 0 saturated carbocycles. The van der Waals surface area contributed by atoms with Crippen LogP contribution in [-0.4, -0.2) is 15.8 Å². The van der Waals surface area contributed by atoms with Gasteiger partial charge in [0, 0.05) is 39.2 Å². The first kappa shape index (κ1) is 27.5. The molecule has 0 atom stereocenters. The van der Waals surface area contributed by atoms with Crippen LogP contribution >= 0.6 is 0 Å². The quantitative estimate of drug-likeness (QED) is 0.179. The molecule has 4 nitrogen and oxygen atoms in total. The highest BCUT2D eigenvalue weighted by Gasteiger charge is 2.41. The molecule has 0 N–H and O–H groups in total. The molecular weight excluding hydrogens is 609 g/mol. The summed E-state index contributed by atoms with van der Waals surface area (Å²) < 4.78 is 11.7. The maximum atomic E-state index is 6.67. The van der Waals surface area contributed by atoms with Gasteiger partial charge in [-0.15, -0.1) is 0 Å². The van der Waals surface area contributed by atoms with Crippen LogP contribution in [0.1, 0.15) is 5.56 Å². The molecule has 4 heterocycles. The van der Waals surface area contributed by atoms with Gasteiger partial charge in [-0.05, 0) is 102 Å². The summed E-state index contributed by atoms with van der Waals surface area (Å²) in [5, 5.41) is 2.46. The lowest BCUT2D eigenvalue weighted by Crippen LogP contribution is -2.58. The smallest absolute Gasteiger partial charge is 0.256 e. The average Bonchev–Trinajstić information content (AvgIpc) is 3.67. The predicted molar refractivity (Wildman–Crippen MR) is 208 cm³/mol. The number of nitrogens with zero attached hydrogens (tertiary/aromatic N) is 3. The van der Waals surface area contributed by atoms with Gasteiger partial charge in [-0.2, -0.15) is 0 Å². The summed E-state index contributed by atoms with van der Waals surface area (Å²) in [4.78, 5) is 2.34. The minimum atomic E-state index is 0.0918. The van der Waals surface area contributed by atoms with Gasteiger partial charge in [-0.25, -0.2) is 0 Å². The summed E-state index contributed by atoms with van der Waals surface area (Å²) in [7, 11) is 0. The zero-order chi connectivity index (χ0) is 32.9. The van der Waals surface area contributed by atoms with Gasteiger partial charge in [0.2, 0.25) is 0 Å². The van der Waals surface area contributed by atoms with Crippen LogP contribution in [0.4, 0.5) is 17.1 Å². The van der Waals surface area contributed by atoms with Crippen LogP contribution in [0.5, 0.6) is 11.5 Å². The Morgan fingerprint density at radius 3 is 1.92 bits per heavy atom. The van der Waals surface area contributed by atoms with Crippen molar-refractivity contribution in [1.29, 1.82) is 0 Å². The van der Waals surface area contributed by atoms with Crippen molar-refractivity contribution in [3.63, 3.8) is 0 Å². The Balaban J connectivity index is 1.28. The highest BCUT2D eigenvalue weighted by Crippen LogP contribution is 2.45. The predicted octanol–water partition coefficient (Wildman–Crippen LogP) is 9.44. The molecule has 0 fully saturated rings. The topological polar surface area (TPSA) is 22.3 Å². The number of para-hydroxylation sites is 5. The molecule has 9 aromatic rings. The molecular formula is C45H30BN3O. The van der Waals surface area contributed by atoms with Crippen molar-refractivity contribution in [3.8, 4) is 22.9 Å². The van der Waals surface area contributed by atoms with E-state index in [1.165, 1.54) is 55.0 Å². The largest absolute Gasteiger partial charge is 0.458 e. The van der Waals surface area contributed by atoms with Crippen LogP contribution in [-0.2, 0) is 0 Å². The Labute approximate surface area is 290 Å². The molecule has 0 spiro atoms. The SMILES string of the molecule is Cc1cc2c3c(c1)-n1c4c(cccc4c4c1c1ccc(N(c5ccccc5)c5ccccc5)cc1n4-c1ccccc1)B3c1ccccc1O2. The van der Waals surface area contributed by atoms with Crippen LogP contribution in [0.2, 0.25) is 0 Å². The van der Waals surface area contributed by atoms with E-state index >= 15 is 0 Å². The number of anilines is 3. The van der Waals surface area contributed by atoms with Gasteiger partial charge in [0.05, 0.1) is 22.1 Å². The molecule has 0 radical (unpaired) electrons. The number of hydrogen-bond donors (Lipinski definition) is 0. The van der Waals surface area contributed by atoms with Gasteiger partial charge in [0.15, 0.2) is 0 Å². The maximum absolute atomic E-state index is 6.67. The summed E-state index contributed by atoms with van der Waals surface area (Å²) in [5.41, 5.74) is 15.5. The third kappa shape index (κ3) is 3.72. The lowest BCUT2D eigenvalue weighted by molar-refractivity contribution is 0.487. The second-order valence-corrected chi connectivity index (χ2v) is 13.4. The van der Waals surface area contributed by atoms with Gasteiger partial charge in [-0.1, -0.05) is 91.0 Å². The average molecular weight is 640 g/mol.